The molecule has 1 atom stereocenters. The molecule has 0 aromatic heterocycles. The number of benzene rings is 1. The molecule has 1 aliphatic heterocycles. The standard InChI is InChI=1S/C15H19NO5S/c1-10-3-4-12(7-11(10)2)15(18)21-8-14(17)16-13-5-6-22(19,20)9-13/h3-4,7,13H,5-6,8-9H2,1-2H3,(H,16,17)/t13-/m0/s1. The van der Waals surface area contributed by atoms with E-state index in [1.54, 1.807) is 12.1 Å². The highest BCUT2D eigenvalue weighted by Crippen LogP contribution is 2.12. The van der Waals surface area contributed by atoms with E-state index < -0.39 is 34.4 Å². The van der Waals surface area contributed by atoms with Crippen LogP contribution in [0.2, 0.25) is 0 Å². The van der Waals surface area contributed by atoms with E-state index in [9.17, 15) is 18.0 Å². The van der Waals surface area contributed by atoms with Crippen LogP contribution in [-0.4, -0.2) is 44.4 Å². The number of carbonyl (C=O) groups excluding carboxylic acids is 2. The van der Waals surface area contributed by atoms with Crippen molar-refractivity contribution in [3.8, 4) is 0 Å². The van der Waals surface area contributed by atoms with Gasteiger partial charge in [0.1, 0.15) is 0 Å². The van der Waals surface area contributed by atoms with Gasteiger partial charge in [-0.1, -0.05) is 6.07 Å². The molecule has 120 valence electrons. The van der Waals surface area contributed by atoms with Gasteiger partial charge in [0, 0.05) is 6.04 Å². The second-order valence-electron chi connectivity index (χ2n) is 5.54. The zero-order valence-electron chi connectivity index (χ0n) is 12.6. The number of sulfone groups is 1. The molecule has 2 rings (SSSR count). The van der Waals surface area contributed by atoms with Crippen molar-refractivity contribution in [1.29, 1.82) is 0 Å². The fraction of sp³-hybridized carbons (Fsp3) is 0.467. The van der Waals surface area contributed by atoms with Crippen LogP contribution in [0.1, 0.15) is 27.9 Å². The van der Waals surface area contributed by atoms with Crippen LogP contribution in [-0.2, 0) is 19.4 Å². The first-order valence-corrected chi connectivity index (χ1v) is 8.83. The minimum atomic E-state index is -3.05. The van der Waals surface area contributed by atoms with Crippen LogP contribution in [0.5, 0.6) is 0 Å². The molecule has 1 aromatic carbocycles. The van der Waals surface area contributed by atoms with Gasteiger partial charge in [0.2, 0.25) is 0 Å². The number of ether oxygens (including phenoxy) is 1. The Labute approximate surface area is 129 Å². The molecule has 0 spiro atoms. The van der Waals surface area contributed by atoms with Crippen molar-refractivity contribution in [2.24, 2.45) is 0 Å². The van der Waals surface area contributed by atoms with Gasteiger partial charge in [0.05, 0.1) is 17.1 Å². The smallest absolute Gasteiger partial charge is 0.338 e. The lowest BCUT2D eigenvalue weighted by Crippen LogP contribution is -2.38. The van der Waals surface area contributed by atoms with Gasteiger partial charge >= 0.3 is 5.97 Å². The molecule has 1 aliphatic rings. The summed E-state index contributed by atoms with van der Waals surface area (Å²) >= 11 is 0. The molecule has 1 aromatic rings. The van der Waals surface area contributed by atoms with E-state index >= 15 is 0 Å². The first-order valence-electron chi connectivity index (χ1n) is 7.01. The van der Waals surface area contributed by atoms with Crippen molar-refractivity contribution >= 4 is 21.7 Å². The Hall–Kier alpha value is -1.89. The normalized spacial score (nSPS) is 19.6. The Morgan fingerprint density at radius 2 is 2.00 bits per heavy atom. The van der Waals surface area contributed by atoms with Crippen LogP contribution >= 0.6 is 0 Å². The monoisotopic (exact) mass is 325 g/mol. The van der Waals surface area contributed by atoms with Crippen molar-refractivity contribution in [3.63, 3.8) is 0 Å². The minimum Gasteiger partial charge on any atom is -0.452 e. The first-order chi connectivity index (χ1) is 10.3. The molecular weight excluding hydrogens is 306 g/mol. The number of hydrogen-bond donors (Lipinski definition) is 1. The number of amides is 1. The third kappa shape index (κ3) is 4.30. The lowest BCUT2D eigenvalue weighted by atomic mass is 10.1. The number of carbonyl (C=O) groups is 2. The topological polar surface area (TPSA) is 89.5 Å². The molecule has 1 saturated heterocycles. The Morgan fingerprint density at radius 3 is 2.59 bits per heavy atom. The molecule has 0 bridgehead atoms. The second-order valence-corrected chi connectivity index (χ2v) is 7.77. The highest BCUT2D eigenvalue weighted by Gasteiger charge is 2.29. The second kappa shape index (κ2) is 6.48. The molecule has 0 radical (unpaired) electrons. The summed E-state index contributed by atoms with van der Waals surface area (Å²) in [6, 6.07) is 4.78. The van der Waals surface area contributed by atoms with Crippen LogP contribution in [0.4, 0.5) is 0 Å². The molecule has 7 heteroatoms. The minimum absolute atomic E-state index is 0.0517. The molecule has 1 heterocycles. The van der Waals surface area contributed by atoms with E-state index in [1.807, 2.05) is 19.9 Å². The Morgan fingerprint density at radius 1 is 1.27 bits per heavy atom. The molecule has 22 heavy (non-hydrogen) atoms. The van der Waals surface area contributed by atoms with Crippen molar-refractivity contribution in [2.75, 3.05) is 18.1 Å². The zero-order valence-corrected chi connectivity index (χ0v) is 13.4. The third-order valence-corrected chi connectivity index (χ3v) is 5.44. The van der Waals surface area contributed by atoms with Crippen molar-refractivity contribution in [1.82, 2.24) is 5.32 Å². The van der Waals surface area contributed by atoms with E-state index in [0.29, 0.717) is 12.0 Å². The van der Waals surface area contributed by atoms with Gasteiger partial charge in [-0.25, -0.2) is 13.2 Å². The van der Waals surface area contributed by atoms with Gasteiger partial charge in [0.15, 0.2) is 16.4 Å². The number of esters is 1. The predicted octanol–water partition coefficient (Wildman–Crippen LogP) is 0.764. The van der Waals surface area contributed by atoms with Crippen LogP contribution in [0, 0.1) is 13.8 Å². The average molecular weight is 325 g/mol. The largest absolute Gasteiger partial charge is 0.452 e. The molecule has 0 aliphatic carbocycles. The highest BCUT2D eigenvalue weighted by atomic mass is 32.2. The summed E-state index contributed by atoms with van der Waals surface area (Å²) in [6.07, 6.45) is 0.402. The van der Waals surface area contributed by atoms with Crippen LogP contribution in [0.25, 0.3) is 0 Å². The number of rotatable bonds is 4. The van der Waals surface area contributed by atoms with Crippen LogP contribution in [0.15, 0.2) is 18.2 Å². The summed E-state index contributed by atoms with van der Waals surface area (Å²) in [4.78, 5) is 23.5. The zero-order chi connectivity index (χ0) is 16.3. The van der Waals surface area contributed by atoms with E-state index in [4.69, 9.17) is 4.74 Å². The maximum Gasteiger partial charge on any atom is 0.338 e. The third-order valence-electron chi connectivity index (χ3n) is 3.67. The first kappa shape index (κ1) is 16.5. The van der Waals surface area contributed by atoms with E-state index in [2.05, 4.69) is 5.32 Å². The van der Waals surface area contributed by atoms with Crippen LogP contribution in [0.3, 0.4) is 0 Å². The maximum atomic E-state index is 11.9. The molecule has 1 fully saturated rings. The summed E-state index contributed by atoms with van der Waals surface area (Å²) in [6.45, 7) is 3.41. The summed E-state index contributed by atoms with van der Waals surface area (Å²) in [5, 5.41) is 2.57. The summed E-state index contributed by atoms with van der Waals surface area (Å²) < 4.78 is 27.5. The Bertz CT molecular complexity index is 696. The fourth-order valence-electron chi connectivity index (χ4n) is 2.26. The van der Waals surface area contributed by atoms with Gasteiger partial charge in [-0.3, -0.25) is 4.79 Å². The van der Waals surface area contributed by atoms with Gasteiger partial charge in [0.25, 0.3) is 5.91 Å². The lowest BCUT2D eigenvalue weighted by Gasteiger charge is -2.11. The highest BCUT2D eigenvalue weighted by molar-refractivity contribution is 7.91. The Kier molecular flexibility index (Phi) is 4.85. The van der Waals surface area contributed by atoms with Gasteiger partial charge in [-0.2, -0.15) is 0 Å². The average Bonchev–Trinajstić information content (AvgIpc) is 2.78. The molecule has 0 saturated carbocycles. The number of aryl methyl sites for hydroxylation is 2. The van der Waals surface area contributed by atoms with E-state index in [-0.39, 0.29) is 11.5 Å². The molecule has 6 nitrogen and oxygen atoms in total. The van der Waals surface area contributed by atoms with Crippen molar-refractivity contribution < 1.29 is 22.7 Å². The molecule has 0 unspecified atom stereocenters. The SMILES string of the molecule is Cc1ccc(C(=O)OCC(=O)N[C@H]2CCS(=O)(=O)C2)cc1C. The molecule has 1 N–H and O–H groups in total. The quantitative estimate of drug-likeness (QED) is 0.826. The summed E-state index contributed by atoms with van der Waals surface area (Å²) in [7, 11) is -3.05. The Balaban J connectivity index is 1.83. The van der Waals surface area contributed by atoms with Gasteiger partial charge < -0.3 is 10.1 Å². The predicted molar refractivity (Wildman–Crippen MR) is 81.4 cm³/mol. The van der Waals surface area contributed by atoms with Gasteiger partial charge in [-0.15, -0.1) is 0 Å². The molecular formula is C15H19NO5S. The summed E-state index contributed by atoms with van der Waals surface area (Å²) in [5.74, 6) is -1.03. The number of nitrogens with one attached hydrogen (secondary N) is 1. The lowest BCUT2D eigenvalue weighted by molar-refractivity contribution is -0.124. The fourth-order valence-corrected chi connectivity index (χ4v) is 3.93. The number of hydrogen-bond acceptors (Lipinski definition) is 5. The van der Waals surface area contributed by atoms with Crippen LogP contribution < -0.4 is 5.32 Å². The molecule has 1 amide bonds. The van der Waals surface area contributed by atoms with Gasteiger partial charge in [-0.05, 0) is 43.5 Å². The van der Waals surface area contributed by atoms with Crippen molar-refractivity contribution in [2.45, 2.75) is 26.3 Å². The summed E-state index contributed by atoms with van der Waals surface area (Å²) in [5.41, 5.74) is 2.42. The van der Waals surface area contributed by atoms with E-state index in [1.165, 1.54) is 0 Å². The van der Waals surface area contributed by atoms with E-state index in [0.717, 1.165) is 11.1 Å². The van der Waals surface area contributed by atoms with Crippen molar-refractivity contribution in [3.05, 3.63) is 34.9 Å². The maximum absolute atomic E-state index is 11.9.